The van der Waals surface area contributed by atoms with Gasteiger partial charge in [0.15, 0.2) is 0 Å². The minimum Gasteiger partial charge on any atom is -0.497 e. The van der Waals surface area contributed by atoms with Crippen LogP contribution >= 0.6 is 0 Å². The summed E-state index contributed by atoms with van der Waals surface area (Å²) in [7, 11) is 1.60. The van der Waals surface area contributed by atoms with Crippen LogP contribution in [0, 0.1) is 0 Å². The summed E-state index contributed by atoms with van der Waals surface area (Å²) in [5, 5.41) is 2.83. The van der Waals surface area contributed by atoms with Crippen molar-refractivity contribution in [3.8, 4) is 5.75 Å². The SMILES string of the molecule is COc1ccc(CNC(=O)c2ccc3c(c2)C(=O)N(CC2CCCO2)C3=O)cc1. The number of hydrogen-bond donors (Lipinski definition) is 1. The van der Waals surface area contributed by atoms with E-state index in [1.807, 2.05) is 24.3 Å². The number of methoxy groups -OCH3 is 1. The number of ether oxygens (including phenoxy) is 2. The van der Waals surface area contributed by atoms with E-state index in [-0.39, 0.29) is 35.9 Å². The van der Waals surface area contributed by atoms with Gasteiger partial charge in [0, 0.05) is 18.7 Å². The zero-order valence-electron chi connectivity index (χ0n) is 16.1. The Morgan fingerprint density at radius 2 is 1.90 bits per heavy atom. The van der Waals surface area contributed by atoms with Gasteiger partial charge in [-0.2, -0.15) is 0 Å². The first-order chi connectivity index (χ1) is 14.1. The Bertz CT molecular complexity index is 948. The average Bonchev–Trinajstić information content (AvgIpc) is 3.35. The van der Waals surface area contributed by atoms with E-state index < -0.39 is 0 Å². The van der Waals surface area contributed by atoms with Crippen molar-refractivity contribution in [3.63, 3.8) is 0 Å². The minimum atomic E-state index is -0.370. The number of amides is 3. The molecule has 2 aliphatic heterocycles. The first-order valence-corrected chi connectivity index (χ1v) is 9.60. The number of rotatable bonds is 6. The molecule has 0 radical (unpaired) electrons. The third kappa shape index (κ3) is 3.86. The molecule has 29 heavy (non-hydrogen) atoms. The lowest BCUT2D eigenvalue weighted by atomic mass is 10.1. The molecule has 7 heteroatoms. The molecule has 1 N–H and O–H groups in total. The first kappa shape index (κ1) is 19.1. The Kier molecular flexibility index (Phi) is 5.31. The molecule has 2 aliphatic rings. The number of carbonyl (C=O) groups is 3. The van der Waals surface area contributed by atoms with E-state index in [4.69, 9.17) is 9.47 Å². The number of nitrogens with zero attached hydrogens (tertiary/aromatic N) is 1. The van der Waals surface area contributed by atoms with E-state index in [1.165, 1.54) is 11.0 Å². The molecule has 1 saturated heterocycles. The molecule has 0 bridgehead atoms. The zero-order valence-corrected chi connectivity index (χ0v) is 16.1. The molecule has 0 aliphatic carbocycles. The van der Waals surface area contributed by atoms with Gasteiger partial charge in [-0.15, -0.1) is 0 Å². The smallest absolute Gasteiger partial charge is 0.261 e. The Balaban J connectivity index is 1.44. The highest BCUT2D eigenvalue weighted by Crippen LogP contribution is 2.26. The molecule has 0 saturated carbocycles. The van der Waals surface area contributed by atoms with Gasteiger partial charge in [-0.3, -0.25) is 19.3 Å². The molecular formula is C22H22N2O5. The molecule has 2 aromatic rings. The second-order valence-electron chi connectivity index (χ2n) is 7.15. The van der Waals surface area contributed by atoms with E-state index >= 15 is 0 Å². The van der Waals surface area contributed by atoms with Crippen LogP contribution < -0.4 is 10.1 Å². The van der Waals surface area contributed by atoms with Gasteiger partial charge in [0.25, 0.3) is 17.7 Å². The highest BCUT2D eigenvalue weighted by atomic mass is 16.5. The molecule has 1 unspecified atom stereocenters. The van der Waals surface area contributed by atoms with Crippen LogP contribution in [0.25, 0.3) is 0 Å². The quantitative estimate of drug-likeness (QED) is 0.761. The van der Waals surface area contributed by atoms with Gasteiger partial charge in [-0.1, -0.05) is 12.1 Å². The first-order valence-electron chi connectivity index (χ1n) is 9.60. The van der Waals surface area contributed by atoms with Gasteiger partial charge >= 0.3 is 0 Å². The summed E-state index contributed by atoms with van der Waals surface area (Å²) in [6, 6.07) is 12.0. The second-order valence-corrected chi connectivity index (χ2v) is 7.15. The molecule has 1 fully saturated rings. The largest absolute Gasteiger partial charge is 0.497 e. The van der Waals surface area contributed by atoms with Crippen molar-refractivity contribution in [2.75, 3.05) is 20.3 Å². The fourth-order valence-electron chi connectivity index (χ4n) is 3.62. The molecule has 150 valence electrons. The van der Waals surface area contributed by atoms with Gasteiger partial charge in [0.2, 0.25) is 0 Å². The molecule has 7 nitrogen and oxygen atoms in total. The maximum absolute atomic E-state index is 12.7. The average molecular weight is 394 g/mol. The fraction of sp³-hybridized carbons (Fsp3) is 0.318. The van der Waals surface area contributed by atoms with E-state index in [1.54, 1.807) is 19.2 Å². The minimum absolute atomic E-state index is 0.107. The summed E-state index contributed by atoms with van der Waals surface area (Å²) >= 11 is 0. The van der Waals surface area contributed by atoms with E-state index in [2.05, 4.69) is 5.32 Å². The number of carbonyl (C=O) groups excluding carboxylic acids is 3. The van der Waals surface area contributed by atoms with Crippen molar-refractivity contribution < 1.29 is 23.9 Å². The summed E-state index contributed by atoms with van der Waals surface area (Å²) in [6.45, 7) is 1.26. The Labute approximate surface area is 168 Å². The molecule has 2 aromatic carbocycles. The van der Waals surface area contributed by atoms with Gasteiger partial charge in [0.1, 0.15) is 5.75 Å². The number of benzene rings is 2. The summed E-state index contributed by atoms with van der Waals surface area (Å²) in [5.41, 5.74) is 1.87. The summed E-state index contributed by atoms with van der Waals surface area (Å²) < 4.78 is 10.7. The third-order valence-electron chi connectivity index (χ3n) is 5.26. The molecule has 0 aromatic heterocycles. The molecule has 0 spiro atoms. The van der Waals surface area contributed by atoms with Crippen molar-refractivity contribution in [1.82, 2.24) is 10.2 Å². The Morgan fingerprint density at radius 1 is 1.14 bits per heavy atom. The van der Waals surface area contributed by atoms with Gasteiger partial charge in [0.05, 0.1) is 30.9 Å². The van der Waals surface area contributed by atoms with E-state index in [0.29, 0.717) is 24.3 Å². The third-order valence-corrected chi connectivity index (χ3v) is 5.26. The molecular weight excluding hydrogens is 372 g/mol. The molecule has 4 rings (SSSR count). The van der Waals surface area contributed by atoms with Gasteiger partial charge < -0.3 is 14.8 Å². The molecule has 1 atom stereocenters. The van der Waals surface area contributed by atoms with Crippen LogP contribution in [0.1, 0.15) is 49.5 Å². The normalized spacial score (nSPS) is 18.1. The molecule has 3 amide bonds. The van der Waals surface area contributed by atoms with Gasteiger partial charge in [-0.25, -0.2) is 0 Å². The van der Waals surface area contributed by atoms with Crippen molar-refractivity contribution in [2.45, 2.75) is 25.5 Å². The highest BCUT2D eigenvalue weighted by Gasteiger charge is 2.37. The lowest BCUT2D eigenvalue weighted by Crippen LogP contribution is -2.36. The topological polar surface area (TPSA) is 84.9 Å². The maximum Gasteiger partial charge on any atom is 0.261 e. The summed E-state index contributed by atoms with van der Waals surface area (Å²) in [4.78, 5) is 39.0. The monoisotopic (exact) mass is 394 g/mol. The lowest BCUT2D eigenvalue weighted by Gasteiger charge is -2.17. The number of imide groups is 1. The van der Waals surface area contributed by atoms with Crippen LogP contribution in [0.3, 0.4) is 0 Å². The zero-order chi connectivity index (χ0) is 20.4. The van der Waals surface area contributed by atoms with Crippen molar-refractivity contribution in [3.05, 3.63) is 64.7 Å². The number of nitrogens with one attached hydrogen (secondary N) is 1. The second kappa shape index (κ2) is 8.05. The fourth-order valence-corrected chi connectivity index (χ4v) is 3.62. The summed E-state index contributed by atoms with van der Waals surface area (Å²) in [6.07, 6.45) is 1.67. The van der Waals surface area contributed by atoms with E-state index in [9.17, 15) is 14.4 Å². The predicted octanol–water partition coefficient (Wildman–Crippen LogP) is 2.40. The molecule has 2 heterocycles. The maximum atomic E-state index is 12.7. The number of hydrogen-bond acceptors (Lipinski definition) is 5. The Hall–Kier alpha value is -3.19. The number of fused-ring (bicyclic) bond motifs is 1. The van der Waals surface area contributed by atoms with Gasteiger partial charge in [-0.05, 0) is 48.7 Å². The predicted molar refractivity (Wildman–Crippen MR) is 105 cm³/mol. The van der Waals surface area contributed by atoms with Crippen LogP contribution in [0.5, 0.6) is 5.75 Å². The van der Waals surface area contributed by atoms with Crippen LogP contribution in [0.15, 0.2) is 42.5 Å². The van der Waals surface area contributed by atoms with E-state index in [0.717, 1.165) is 24.2 Å². The van der Waals surface area contributed by atoms with Crippen LogP contribution in [0.2, 0.25) is 0 Å². The lowest BCUT2D eigenvalue weighted by molar-refractivity contribution is 0.0475. The van der Waals surface area contributed by atoms with Crippen molar-refractivity contribution >= 4 is 17.7 Å². The Morgan fingerprint density at radius 3 is 2.59 bits per heavy atom. The highest BCUT2D eigenvalue weighted by molar-refractivity contribution is 6.22. The van der Waals surface area contributed by atoms with Crippen LogP contribution in [-0.4, -0.2) is 49.0 Å². The standard InChI is InChI=1S/C22H22N2O5/c1-28-16-7-4-14(5-8-16)12-23-20(25)15-6-9-18-19(11-15)22(27)24(21(18)26)13-17-3-2-10-29-17/h4-9,11,17H,2-3,10,12-13H2,1H3,(H,23,25). The summed E-state index contributed by atoms with van der Waals surface area (Å²) in [5.74, 6) is -0.258. The van der Waals surface area contributed by atoms with Crippen LogP contribution in [-0.2, 0) is 11.3 Å². The van der Waals surface area contributed by atoms with Crippen molar-refractivity contribution in [1.29, 1.82) is 0 Å². The van der Waals surface area contributed by atoms with Crippen molar-refractivity contribution in [2.24, 2.45) is 0 Å². The van der Waals surface area contributed by atoms with Crippen LogP contribution in [0.4, 0.5) is 0 Å².